The molecule has 0 bridgehead atoms. The molecule has 27 heavy (non-hydrogen) atoms. The van der Waals surface area contributed by atoms with Gasteiger partial charge in [-0.2, -0.15) is 5.10 Å². The zero-order valence-corrected chi connectivity index (χ0v) is 15.3. The summed E-state index contributed by atoms with van der Waals surface area (Å²) in [6.45, 7) is -0.223. The van der Waals surface area contributed by atoms with Gasteiger partial charge in [0.05, 0.1) is 29.0 Å². The maximum absolute atomic E-state index is 12.5. The van der Waals surface area contributed by atoms with Crippen molar-refractivity contribution in [2.75, 3.05) is 18.9 Å². The summed E-state index contributed by atoms with van der Waals surface area (Å²) in [5.41, 5.74) is 0.840. The van der Waals surface area contributed by atoms with Crippen LogP contribution >= 0.6 is 11.6 Å². The summed E-state index contributed by atoms with van der Waals surface area (Å²) in [6.07, 6.45) is 1.18. The van der Waals surface area contributed by atoms with E-state index in [2.05, 4.69) is 10.4 Å². The largest absolute Gasteiger partial charge is 0.335 e. The molecule has 138 valence electrons. The summed E-state index contributed by atoms with van der Waals surface area (Å²) in [4.78, 5) is 37.8. The van der Waals surface area contributed by atoms with Crippen molar-refractivity contribution in [3.05, 3.63) is 70.0 Å². The van der Waals surface area contributed by atoms with E-state index >= 15 is 0 Å². The van der Waals surface area contributed by atoms with Crippen molar-refractivity contribution in [3.63, 3.8) is 0 Å². The first-order valence-electron chi connectivity index (χ1n) is 8.19. The van der Waals surface area contributed by atoms with Crippen molar-refractivity contribution >= 4 is 40.0 Å². The van der Waals surface area contributed by atoms with E-state index in [1.165, 1.54) is 22.8 Å². The molecule has 7 nitrogen and oxygen atoms in total. The highest BCUT2D eigenvalue weighted by Gasteiger charge is 2.15. The van der Waals surface area contributed by atoms with Crippen LogP contribution < -0.4 is 10.7 Å². The molecule has 0 aliphatic heterocycles. The van der Waals surface area contributed by atoms with Gasteiger partial charge >= 0.3 is 0 Å². The Bertz CT molecular complexity index is 1060. The monoisotopic (exact) mass is 384 g/mol. The van der Waals surface area contributed by atoms with E-state index in [4.69, 9.17) is 11.6 Å². The highest BCUT2D eigenvalue weighted by Crippen LogP contribution is 2.20. The number of fused-ring (bicyclic) bond motifs is 1. The molecule has 1 heterocycles. The average molecular weight is 385 g/mol. The first kappa shape index (κ1) is 18.6. The second kappa shape index (κ2) is 8.01. The number of anilines is 1. The third kappa shape index (κ3) is 4.32. The standard InChI is InChI=1S/C19H17ClN4O3/c1-23(11-18(26)22-15-8-4-3-7-14(15)20)19(27)12-24-16-9-5-2-6-13(16)17(25)10-21-24/h2-10H,11-12H2,1H3,(H,22,26). The number of amides is 2. The summed E-state index contributed by atoms with van der Waals surface area (Å²) in [5, 5.41) is 7.60. The molecule has 0 spiro atoms. The molecule has 0 unspecified atom stereocenters. The lowest BCUT2D eigenvalue weighted by Gasteiger charge is -2.18. The number of halogens is 1. The van der Waals surface area contributed by atoms with Crippen molar-refractivity contribution < 1.29 is 9.59 Å². The number of rotatable bonds is 5. The van der Waals surface area contributed by atoms with Crippen LogP contribution in [0.3, 0.4) is 0 Å². The Morgan fingerprint density at radius 2 is 1.85 bits per heavy atom. The van der Waals surface area contributed by atoms with Crippen LogP contribution in [-0.4, -0.2) is 40.1 Å². The number of aromatic nitrogens is 2. The number of likely N-dealkylation sites (N-methyl/N-ethyl adjacent to an activating group) is 1. The van der Waals surface area contributed by atoms with Crippen LogP contribution in [0.15, 0.2) is 59.5 Å². The molecule has 0 radical (unpaired) electrons. The molecule has 0 fully saturated rings. The fourth-order valence-corrected chi connectivity index (χ4v) is 2.77. The number of carbonyl (C=O) groups excluding carboxylic acids is 2. The predicted octanol–water partition coefficient (Wildman–Crippen LogP) is 2.15. The topological polar surface area (TPSA) is 84.3 Å². The number of benzene rings is 2. The molecular formula is C19H17ClN4O3. The molecule has 0 atom stereocenters. The predicted molar refractivity (Wildman–Crippen MR) is 104 cm³/mol. The van der Waals surface area contributed by atoms with Gasteiger partial charge in [0.15, 0.2) is 0 Å². The van der Waals surface area contributed by atoms with E-state index in [1.54, 1.807) is 48.5 Å². The number of hydrogen-bond donors (Lipinski definition) is 1. The molecule has 3 aromatic rings. The maximum atomic E-state index is 12.5. The van der Waals surface area contributed by atoms with E-state index in [9.17, 15) is 14.4 Å². The normalized spacial score (nSPS) is 10.6. The Kier molecular flexibility index (Phi) is 5.52. The molecule has 1 N–H and O–H groups in total. The Balaban J connectivity index is 1.68. The first-order chi connectivity index (χ1) is 13.0. The lowest BCUT2D eigenvalue weighted by Crippen LogP contribution is -2.37. The number of carbonyl (C=O) groups is 2. The van der Waals surface area contributed by atoms with Crippen molar-refractivity contribution in [3.8, 4) is 0 Å². The van der Waals surface area contributed by atoms with Crippen LogP contribution in [0.4, 0.5) is 5.69 Å². The molecule has 0 saturated carbocycles. The summed E-state index contributed by atoms with van der Waals surface area (Å²) < 4.78 is 1.45. The van der Waals surface area contributed by atoms with Gasteiger partial charge in [0.2, 0.25) is 17.2 Å². The molecular weight excluding hydrogens is 368 g/mol. The van der Waals surface area contributed by atoms with Gasteiger partial charge in [-0.05, 0) is 24.3 Å². The average Bonchev–Trinajstić information content (AvgIpc) is 2.66. The zero-order valence-electron chi connectivity index (χ0n) is 14.6. The van der Waals surface area contributed by atoms with E-state index in [0.29, 0.717) is 21.6 Å². The van der Waals surface area contributed by atoms with Crippen LogP contribution in [0.2, 0.25) is 5.02 Å². The highest BCUT2D eigenvalue weighted by molar-refractivity contribution is 6.33. The lowest BCUT2D eigenvalue weighted by molar-refractivity contribution is -0.133. The summed E-state index contributed by atoms with van der Waals surface area (Å²) >= 11 is 6.01. The van der Waals surface area contributed by atoms with E-state index in [1.807, 2.05) is 0 Å². The number of nitrogens with one attached hydrogen (secondary N) is 1. The van der Waals surface area contributed by atoms with Crippen LogP contribution in [0.1, 0.15) is 0 Å². The minimum absolute atomic E-state index is 0.0866. The molecule has 0 aliphatic carbocycles. The van der Waals surface area contributed by atoms with E-state index in [0.717, 1.165) is 0 Å². The molecule has 2 amide bonds. The zero-order chi connectivity index (χ0) is 19.4. The minimum Gasteiger partial charge on any atom is -0.335 e. The van der Waals surface area contributed by atoms with Gasteiger partial charge < -0.3 is 10.2 Å². The Morgan fingerprint density at radius 3 is 2.63 bits per heavy atom. The molecule has 2 aromatic carbocycles. The first-order valence-corrected chi connectivity index (χ1v) is 8.56. The number of para-hydroxylation sites is 2. The van der Waals surface area contributed by atoms with Crippen molar-refractivity contribution in [2.24, 2.45) is 0 Å². The Morgan fingerprint density at radius 1 is 1.15 bits per heavy atom. The Hall–Kier alpha value is -3.19. The third-order valence-corrected chi connectivity index (χ3v) is 4.33. The van der Waals surface area contributed by atoms with Gasteiger partial charge in [-0.15, -0.1) is 0 Å². The van der Waals surface area contributed by atoms with Gasteiger partial charge in [0, 0.05) is 12.4 Å². The molecule has 0 aliphatic rings. The lowest BCUT2D eigenvalue weighted by atomic mass is 10.2. The van der Waals surface area contributed by atoms with E-state index in [-0.39, 0.29) is 30.3 Å². The van der Waals surface area contributed by atoms with Crippen molar-refractivity contribution in [1.29, 1.82) is 0 Å². The highest BCUT2D eigenvalue weighted by atomic mass is 35.5. The van der Waals surface area contributed by atoms with Crippen molar-refractivity contribution in [1.82, 2.24) is 14.7 Å². The van der Waals surface area contributed by atoms with Crippen LogP contribution in [0.25, 0.3) is 10.9 Å². The van der Waals surface area contributed by atoms with Crippen LogP contribution in [-0.2, 0) is 16.1 Å². The number of nitrogens with zero attached hydrogens (tertiary/aromatic N) is 3. The maximum Gasteiger partial charge on any atom is 0.244 e. The third-order valence-electron chi connectivity index (χ3n) is 4.00. The minimum atomic E-state index is -0.364. The second-order valence-corrected chi connectivity index (χ2v) is 6.37. The molecule has 0 saturated heterocycles. The quantitative estimate of drug-likeness (QED) is 0.730. The summed E-state index contributed by atoms with van der Waals surface area (Å²) in [6, 6.07) is 13.8. The fraction of sp³-hybridized carbons (Fsp3) is 0.158. The molecule has 3 rings (SSSR count). The van der Waals surface area contributed by atoms with Crippen molar-refractivity contribution in [2.45, 2.75) is 6.54 Å². The van der Waals surface area contributed by atoms with Gasteiger partial charge in [-0.25, -0.2) is 0 Å². The summed E-state index contributed by atoms with van der Waals surface area (Å²) in [5.74, 6) is -0.678. The Labute approximate surface area is 160 Å². The second-order valence-electron chi connectivity index (χ2n) is 5.96. The van der Waals surface area contributed by atoms with Crippen LogP contribution in [0.5, 0.6) is 0 Å². The molecule has 1 aromatic heterocycles. The number of hydrogen-bond acceptors (Lipinski definition) is 4. The van der Waals surface area contributed by atoms with Gasteiger partial charge in [0.25, 0.3) is 0 Å². The SMILES string of the molecule is CN(CC(=O)Nc1ccccc1Cl)C(=O)Cn1ncc(=O)c2ccccc21. The summed E-state index contributed by atoms with van der Waals surface area (Å²) in [7, 11) is 1.53. The van der Waals surface area contributed by atoms with Gasteiger partial charge in [-0.1, -0.05) is 35.9 Å². The van der Waals surface area contributed by atoms with Crippen LogP contribution in [0, 0.1) is 0 Å². The fourth-order valence-electron chi connectivity index (χ4n) is 2.59. The molecule has 8 heteroatoms. The van der Waals surface area contributed by atoms with Gasteiger partial charge in [0.1, 0.15) is 6.54 Å². The van der Waals surface area contributed by atoms with E-state index < -0.39 is 0 Å². The van der Waals surface area contributed by atoms with Gasteiger partial charge in [-0.3, -0.25) is 19.1 Å². The smallest absolute Gasteiger partial charge is 0.244 e.